The van der Waals surface area contributed by atoms with Gasteiger partial charge >= 0.3 is 0 Å². The molecule has 0 fully saturated rings. The van der Waals surface area contributed by atoms with Gasteiger partial charge in [0.2, 0.25) is 0 Å². The van der Waals surface area contributed by atoms with Gasteiger partial charge in [0.1, 0.15) is 0 Å². The van der Waals surface area contributed by atoms with E-state index in [9.17, 15) is 0 Å². The van der Waals surface area contributed by atoms with Gasteiger partial charge in [-0.05, 0) is 53.9 Å². The zero-order valence-corrected chi connectivity index (χ0v) is 12.4. The first-order valence-corrected chi connectivity index (χ1v) is 7.17. The lowest BCUT2D eigenvalue weighted by atomic mass is 9.70. The highest BCUT2D eigenvalue weighted by Gasteiger charge is 2.39. The average Bonchev–Trinajstić information content (AvgIpc) is 2.80. The van der Waals surface area contributed by atoms with Crippen molar-refractivity contribution in [3.63, 3.8) is 0 Å². The molecule has 0 radical (unpaired) electrons. The first-order valence-electron chi connectivity index (χ1n) is 7.17. The maximum Gasteiger partial charge on any atom is 0.0991 e. The third-order valence-electron chi connectivity index (χ3n) is 4.35. The molecule has 1 aromatic carbocycles. The van der Waals surface area contributed by atoms with Crippen LogP contribution in [0.2, 0.25) is 0 Å². The molecule has 1 unspecified atom stereocenters. The maximum absolute atomic E-state index is 9.00. The molecular weight excluding hydrogens is 218 g/mol. The summed E-state index contributed by atoms with van der Waals surface area (Å²) in [5.74, 6) is 0.646. The van der Waals surface area contributed by atoms with E-state index in [0.29, 0.717) is 11.3 Å². The van der Waals surface area contributed by atoms with Crippen molar-refractivity contribution in [2.24, 2.45) is 5.92 Å². The van der Waals surface area contributed by atoms with Gasteiger partial charge < -0.3 is 0 Å². The van der Waals surface area contributed by atoms with E-state index in [-0.39, 0.29) is 0 Å². The summed E-state index contributed by atoms with van der Waals surface area (Å²) in [6, 6.07) is 8.47. The van der Waals surface area contributed by atoms with Crippen LogP contribution in [0.25, 0.3) is 0 Å². The second-order valence-corrected chi connectivity index (χ2v) is 5.15. The first kappa shape index (κ1) is 14.8. The van der Waals surface area contributed by atoms with Crippen LogP contribution in [-0.4, -0.2) is 0 Å². The zero-order chi connectivity index (χ0) is 13.8. The largest absolute Gasteiger partial charge is 0.192 e. The highest BCUT2D eigenvalue weighted by Crippen LogP contribution is 2.46. The molecule has 0 saturated heterocycles. The summed E-state index contributed by atoms with van der Waals surface area (Å²) < 4.78 is 0. The van der Waals surface area contributed by atoms with Crippen molar-refractivity contribution in [3.8, 4) is 6.07 Å². The first-order chi connectivity index (χ1) is 8.64. The minimum absolute atomic E-state index is 0.308. The molecule has 0 aromatic heterocycles. The minimum atomic E-state index is 0.308. The molecule has 0 saturated carbocycles. The summed E-state index contributed by atoms with van der Waals surface area (Å²) in [4.78, 5) is 0. The zero-order valence-electron chi connectivity index (χ0n) is 12.4. The van der Waals surface area contributed by atoms with Crippen LogP contribution in [0.5, 0.6) is 0 Å². The molecule has 0 amide bonds. The molecule has 1 aromatic rings. The van der Waals surface area contributed by atoms with Crippen molar-refractivity contribution in [1.29, 1.82) is 5.26 Å². The van der Waals surface area contributed by atoms with Crippen LogP contribution in [0.1, 0.15) is 64.2 Å². The van der Waals surface area contributed by atoms with Gasteiger partial charge in [0.05, 0.1) is 11.6 Å². The Balaban J connectivity index is 0.000000771. The second kappa shape index (κ2) is 6.05. The number of hydrogen-bond donors (Lipinski definition) is 0. The van der Waals surface area contributed by atoms with E-state index in [0.717, 1.165) is 5.56 Å². The number of aryl methyl sites for hydroxylation is 1. The van der Waals surface area contributed by atoms with Crippen LogP contribution in [0.4, 0.5) is 0 Å². The molecule has 0 heterocycles. The highest BCUT2D eigenvalue weighted by molar-refractivity contribution is 5.45. The summed E-state index contributed by atoms with van der Waals surface area (Å²) in [5, 5.41) is 9.00. The number of rotatable bonds is 2. The topological polar surface area (TPSA) is 23.8 Å². The van der Waals surface area contributed by atoms with Gasteiger partial charge in [-0.2, -0.15) is 5.26 Å². The lowest BCUT2D eigenvalue weighted by Gasteiger charge is -2.33. The summed E-state index contributed by atoms with van der Waals surface area (Å²) in [6.07, 6.45) is 3.59. The monoisotopic (exact) mass is 243 g/mol. The summed E-state index contributed by atoms with van der Waals surface area (Å²) in [5.41, 5.74) is 4.00. The molecule has 18 heavy (non-hydrogen) atoms. The molecule has 98 valence electrons. The third-order valence-corrected chi connectivity index (χ3v) is 4.35. The molecule has 1 heteroatoms. The molecule has 0 bridgehead atoms. The Labute approximate surface area is 112 Å². The Morgan fingerprint density at radius 1 is 1.33 bits per heavy atom. The summed E-state index contributed by atoms with van der Waals surface area (Å²) in [7, 11) is 0. The minimum Gasteiger partial charge on any atom is -0.192 e. The van der Waals surface area contributed by atoms with Crippen molar-refractivity contribution in [3.05, 3.63) is 34.9 Å². The Hall–Kier alpha value is -1.29. The fraction of sp³-hybridized carbons (Fsp3) is 0.588. The van der Waals surface area contributed by atoms with Crippen LogP contribution >= 0.6 is 0 Å². The Kier molecular flexibility index (Phi) is 4.96. The molecule has 1 atom stereocenters. The lowest BCUT2D eigenvalue weighted by Crippen LogP contribution is -2.28. The molecule has 2 rings (SSSR count). The predicted molar refractivity (Wildman–Crippen MR) is 77.6 cm³/mol. The Bertz CT molecular complexity index is 439. The van der Waals surface area contributed by atoms with Gasteiger partial charge in [0.25, 0.3) is 0 Å². The van der Waals surface area contributed by atoms with Crippen molar-refractivity contribution in [2.75, 3.05) is 0 Å². The molecule has 0 aliphatic heterocycles. The fourth-order valence-corrected chi connectivity index (χ4v) is 3.20. The van der Waals surface area contributed by atoms with Gasteiger partial charge in [-0.15, -0.1) is 0 Å². The molecule has 0 N–H and O–H groups in total. The third kappa shape index (κ3) is 2.29. The van der Waals surface area contributed by atoms with Gasteiger partial charge in [-0.3, -0.25) is 0 Å². The van der Waals surface area contributed by atoms with E-state index < -0.39 is 0 Å². The normalized spacial score (nSPS) is 20.9. The number of fused-ring (bicyclic) bond motifs is 1. The number of nitriles is 1. The van der Waals surface area contributed by atoms with Crippen molar-refractivity contribution >= 4 is 0 Å². The number of benzene rings is 1. The van der Waals surface area contributed by atoms with E-state index in [1.807, 2.05) is 19.9 Å². The van der Waals surface area contributed by atoms with Crippen molar-refractivity contribution in [2.45, 2.75) is 59.3 Å². The molecule has 1 aliphatic carbocycles. The maximum atomic E-state index is 9.00. The van der Waals surface area contributed by atoms with Crippen LogP contribution < -0.4 is 0 Å². The smallest absolute Gasteiger partial charge is 0.0991 e. The summed E-state index contributed by atoms with van der Waals surface area (Å²) in [6.45, 7) is 10.9. The van der Waals surface area contributed by atoms with Gasteiger partial charge in [-0.25, -0.2) is 0 Å². The standard InChI is InChI=1S/C15H19N.C2H6/c1-4-15(11(2)3)8-7-13-6-5-12(10-16)9-14(13)15;1-2/h5-6,9,11H,4,7-8H2,1-3H3;1-2H3. The van der Waals surface area contributed by atoms with E-state index in [1.165, 1.54) is 30.4 Å². The summed E-state index contributed by atoms with van der Waals surface area (Å²) >= 11 is 0. The number of hydrogen-bond acceptors (Lipinski definition) is 1. The van der Waals surface area contributed by atoms with Crippen molar-refractivity contribution in [1.82, 2.24) is 0 Å². The fourth-order valence-electron chi connectivity index (χ4n) is 3.20. The number of nitrogens with zero attached hydrogens (tertiary/aromatic N) is 1. The average molecular weight is 243 g/mol. The van der Waals surface area contributed by atoms with E-state index >= 15 is 0 Å². The van der Waals surface area contributed by atoms with Crippen LogP contribution in [-0.2, 0) is 11.8 Å². The van der Waals surface area contributed by atoms with Gasteiger partial charge in [0.15, 0.2) is 0 Å². The Morgan fingerprint density at radius 2 is 2.00 bits per heavy atom. The molecule has 1 aliphatic rings. The van der Waals surface area contributed by atoms with E-state index in [1.54, 1.807) is 0 Å². The molecule has 1 nitrogen and oxygen atoms in total. The molecule has 0 spiro atoms. The quantitative estimate of drug-likeness (QED) is 0.729. The van der Waals surface area contributed by atoms with E-state index in [2.05, 4.69) is 39.0 Å². The van der Waals surface area contributed by atoms with Crippen LogP contribution in [0, 0.1) is 17.2 Å². The van der Waals surface area contributed by atoms with Gasteiger partial charge in [0, 0.05) is 0 Å². The SMILES string of the molecule is CC.CCC1(C(C)C)CCc2ccc(C#N)cc21. The van der Waals surface area contributed by atoms with Crippen LogP contribution in [0.3, 0.4) is 0 Å². The lowest BCUT2D eigenvalue weighted by molar-refractivity contribution is 0.294. The second-order valence-electron chi connectivity index (χ2n) is 5.15. The van der Waals surface area contributed by atoms with Gasteiger partial charge in [-0.1, -0.05) is 40.7 Å². The van der Waals surface area contributed by atoms with E-state index in [4.69, 9.17) is 5.26 Å². The Morgan fingerprint density at radius 3 is 2.50 bits per heavy atom. The predicted octanol–water partition coefficient (Wildman–Crippen LogP) is 4.83. The van der Waals surface area contributed by atoms with Crippen molar-refractivity contribution < 1.29 is 0 Å². The highest BCUT2D eigenvalue weighted by atomic mass is 14.4. The molecular formula is C17H25N. The van der Waals surface area contributed by atoms with Crippen LogP contribution in [0.15, 0.2) is 18.2 Å².